The van der Waals surface area contributed by atoms with Gasteiger partial charge in [-0.15, -0.1) is 0 Å². The first-order chi connectivity index (χ1) is 14.0. The molecule has 6 nitrogen and oxygen atoms in total. The minimum Gasteiger partial charge on any atom is -0.726 e. The third-order valence-corrected chi connectivity index (χ3v) is 10.7. The standard InChI is InChI=1S/C23H40O6S.Na/c1-14(8-11-29-30(26,27)28)17-4-5-18-21-19(7-10-23(17,18)3)22(2)9-6-16(24)12-15(22)13-20(21)25;/h14-21,24-25H,4-13H2,1-3H3,(H,26,27,28);/q;+1/p-1/t14-,15+,16-,17-,18+,19+,20+,21+,22+,23-;/m1./s1. The van der Waals surface area contributed by atoms with E-state index in [0.29, 0.717) is 36.0 Å². The van der Waals surface area contributed by atoms with Gasteiger partial charge in [0.1, 0.15) is 0 Å². The van der Waals surface area contributed by atoms with Crippen LogP contribution in [0.1, 0.15) is 78.6 Å². The van der Waals surface area contributed by atoms with E-state index in [1.807, 2.05) is 0 Å². The van der Waals surface area contributed by atoms with Crippen LogP contribution in [0.25, 0.3) is 0 Å². The van der Waals surface area contributed by atoms with Crippen LogP contribution in [0.3, 0.4) is 0 Å². The maximum absolute atomic E-state index is 11.3. The fourth-order valence-corrected chi connectivity index (χ4v) is 9.01. The summed E-state index contributed by atoms with van der Waals surface area (Å²) in [5.74, 6) is 2.52. The van der Waals surface area contributed by atoms with E-state index in [1.54, 1.807) is 0 Å². The largest absolute Gasteiger partial charge is 1.00 e. The fraction of sp³-hybridized carbons (Fsp3) is 1.00. The van der Waals surface area contributed by atoms with E-state index in [4.69, 9.17) is 0 Å². The van der Waals surface area contributed by atoms with Gasteiger partial charge in [0.05, 0.1) is 18.8 Å². The first-order valence-corrected chi connectivity index (χ1v) is 13.3. The Balaban J connectivity index is 0.00000272. The monoisotopic (exact) mass is 466 g/mol. The van der Waals surface area contributed by atoms with Gasteiger partial charge in [-0.25, -0.2) is 8.42 Å². The molecule has 4 fully saturated rings. The molecule has 0 aromatic carbocycles. The molecule has 2 N–H and O–H groups in total. The Bertz CT molecular complexity index is 746. The summed E-state index contributed by atoms with van der Waals surface area (Å²) in [5.41, 5.74) is 0.375. The second kappa shape index (κ2) is 9.44. The van der Waals surface area contributed by atoms with Crippen LogP contribution in [0.2, 0.25) is 0 Å². The summed E-state index contributed by atoms with van der Waals surface area (Å²) in [6.45, 7) is 6.92. The Morgan fingerprint density at radius 2 is 1.68 bits per heavy atom. The fourth-order valence-electron chi connectivity index (χ4n) is 8.71. The molecule has 0 aromatic rings. The van der Waals surface area contributed by atoms with Crippen LogP contribution >= 0.6 is 0 Å². The van der Waals surface area contributed by atoms with Crippen molar-refractivity contribution >= 4 is 10.4 Å². The number of rotatable bonds is 5. The Morgan fingerprint density at radius 3 is 2.35 bits per heavy atom. The molecule has 31 heavy (non-hydrogen) atoms. The first-order valence-electron chi connectivity index (χ1n) is 11.9. The zero-order valence-electron chi connectivity index (χ0n) is 19.6. The molecule has 0 heterocycles. The van der Waals surface area contributed by atoms with E-state index in [9.17, 15) is 23.2 Å². The zero-order valence-corrected chi connectivity index (χ0v) is 22.4. The minimum atomic E-state index is -4.63. The van der Waals surface area contributed by atoms with E-state index in [0.717, 1.165) is 51.4 Å². The number of aliphatic hydroxyl groups is 2. The van der Waals surface area contributed by atoms with Crippen LogP contribution in [-0.4, -0.2) is 42.0 Å². The van der Waals surface area contributed by atoms with Crippen molar-refractivity contribution in [1.82, 2.24) is 0 Å². The molecular weight excluding hydrogens is 427 g/mol. The van der Waals surface area contributed by atoms with Crippen molar-refractivity contribution in [3.63, 3.8) is 0 Å². The molecule has 174 valence electrons. The Labute approximate surface area is 210 Å². The number of hydrogen-bond donors (Lipinski definition) is 2. The van der Waals surface area contributed by atoms with Crippen molar-refractivity contribution < 1.29 is 56.9 Å². The topological polar surface area (TPSA) is 107 Å². The van der Waals surface area contributed by atoms with Gasteiger partial charge in [-0.05, 0) is 104 Å². The summed E-state index contributed by atoms with van der Waals surface area (Å²) in [5, 5.41) is 21.5. The summed E-state index contributed by atoms with van der Waals surface area (Å²) >= 11 is 0. The quantitative estimate of drug-likeness (QED) is 0.347. The molecule has 4 rings (SSSR count). The van der Waals surface area contributed by atoms with Crippen molar-refractivity contribution in [2.45, 2.75) is 90.8 Å². The smallest absolute Gasteiger partial charge is 0.726 e. The first kappa shape index (κ1) is 26.4. The third-order valence-electron chi connectivity index (χ3n) is 10.2. The molecule has 0 bridgehead atoms. The van der Waals surface area contributed by atoms with E-state index in [2.05, 4.69) is 25.0 Å². The molecule has 0 amide bonds. The molecular formula is C23H39NaO6S. The predicted molar refractivity (Wildman–Crippen MR) is 112 cm³/mol. The maximum atomic E-state index is 11.3. The van der Waals surface area contributed by atoms with Gasteiger partial charge in [-0.3, -0.25) is 4.18 Å². The Hall–Kier alpha value is 0.790. The number of hydrogen-bond acceptors (Lipinski definition) is 6. The van der Waals surface area contributed by atoms with Crippen LogP contribution in [0.5, 0.6) is 0 Å². The molecule has 0 radical (unpaired) electrons. The minimum absolute atomic E-state index is 0. The van der Waals surface area contributed by atoms with Gasteiger partial charge in [0, 0.05) is 0 Å². The molecule has 0 spiro atoms. The molecule has 0 aliphatic heterocycles. The van der Waals surface area contributed by atoms with E-state index in [-0.39, 0.29) is 65.1 Å². The Kier molecular flexibility index (Phi) is 8.04. The molecule has 4 saturated carbocycles. The molecule has 0 saturated heterocycles. The van der Waals surface area contributed by atoms with Crippen LogP contribution in [0.4, 0.5) is 0 Å². The van der Waals surface area contributed by atoms with Crippen molar-refractivity contribution in [2.75, 3.05) is 6.61 Å². The predicted octanol–water partition coefficient (Wildman–Crippen LogP) is 0.484. The molecule has 4 aliphatic carbocycles. The average molecular weight is 467 g/mol. The van der Waals surface area contributed by atoms with Gasteiger partial charge in [-0.2, -0.15) is 0 Å². The number of aliphatic hydroxyl groups excluding tert-OH is 2. The van der Waals surface area contributed by atoms with Crippen LogP contribution in [-0.2, 0) is 14.6 Å². The van der Waals surface area contributed by atoms with Crippen molar-refractivity contribution in [3.8, 4) is 0 Å². The van der Waals surface area contributed by atoms with Gasteiger partial charge in [0.25, 0.3) is 0 Å². The second-order valence-corrected chi connectivity index (χ2v) is 12.5. The van der Waals surface area contributed by atoms with Gasteiger partial charge in [0.15, 0.2) is 0 Å². The molecule has 8 heteroatoms. The Morgan fingerprint density at radius 1 is 1.03 bits per heavy atom. The van der Waals surface area contributed by atoms with Gasteiger partial charge in [0.2, 0.25) is 10.4 Å². The summed E-state index contributed by atoms with van der Waals surface area (Å²) in [6, 6.07) is 0. The summed E-state index contributed by atoms with van der Waals surface area (Å²) < 4.78 is 36.8. The molecule has 0 unspecified atom stereocenters. The van der Waals surface area contributed by atoms with E-state index >= 15 is 0 Å². The zero-order chi connectivity index (χ0) is 21.9. The maximum Gasteiger partial charge on any atom is 1.00 e. The number of fused-ring (bicyclic) bond motifs is 5. The van der Waals surface area contributed by atoms with Gasteiger partial charge in [-0.1, -0.05) is 20.8 Å². The molecule has 10 atom stereocenters. The second-order valence-electron chi connectivity index (χ2n) is 11.4. The molecule has 4 aliphatic rings. The summed E-state index contributed by atoms with van der Waals surface area (Å²) in [6.07, 6.45) is 8.17. The van der Waals surface area contributed by atoms with Crippen LogP contribution in [0, 0.1) is 46.3 Å². The average Bonchev–Trinajstić information content (AvgIpc) is 2.99. The summed E-state index contributed by atoms with van der Waals surface area (Å²) in [7, 11) is -4.63. The van der Waals surface area contributed by atoms with E-state index < -0.39 is 10.4 Å². The van der Waals surface area contributed by atoms with E-state index in [1.165, 1.54) is 0 Å². The van der Waals surface area contributed by atoms with Gasteiger partial charge < -0.3 is 14.8 Å². The van der Waals surface area contributed by atoms with Crippen LogP contribution in [0.15, 0.2) is 0 Å². The third kappa shape index (κ3) is 4.82. The van der Waals surface area contributed by atoms with Crippen molar-refractivity contribution in [3.05, 3.63) is 0 Å². The van der Waals surface area contributed by atoms with Crippen molar-refractivity contribution in [1.29, 1.82) is 0 Å². The SMILES string of the molecule is C[C@H](CCOS(=O)(=O)[O-])[C@H]1CC[C@H]2[C@@H]3[C@@H](O)C[C@@H]4C[C@H](O)CC[C@]4(C)[C@H]3CC[C@]12C.[Na+]. The van der Waals surface area contributed by atoms with Crippen molar-refractivity contribution in [2.24, 2.45) is 46.3 Å². The van der Waals surface area contributed by atoms with Crippen LogP contribution < -0.4 is 29.6 Å². The molecule has 0 aromatic heterocycles. The normalized spacial score (nSPS) is 48.1. The van der Waals surface area contributed by atoms with Gasteiger partial charge >= 0.3 is 29.6 Å². The summed E-state index contributed by atoms with van der Waals surface area (Å²) in [4.78, 5) is 0.